The molecule has 0 saturated carbocycles. The Labute approximate surface area is 299 Å². The molecule has 248 valence electrons. The second-order valence-corrected chi connectivity index (χ2v) is 12.0. The standard InChI is InChI=1S/C40H29ClN8O2/c1-50-31-20-19-28(25-32(31)51-2)35-36(29-17-9-10-18-30(29)41)49-40(48-35,38-44-23-12-24-45-38)39(37-42-21-11-22-43-37)46-33(26-13-5-3-6-14-26)34(47-39)27-15-7-4-8-16-27/h3-25H,1-2H3. The van der Waals surface area contributed by atoms with E-state index in [1.807, 2.05) is 103 Å². The lowest BCUT2D eigenvalue weighted by molar-refractivity contribution is 0.230. The number of aromatic nitrogens is 4. The molecule has 11 heteroatoms. The number of nitrogens with zero attached hydrogens (tertiary/aromatic N) is 8. The van der Waals surface area contributed by atoms with Crippen molar-refractivity contribution in [2.75, 3.05) is 14.2 Å². The number of benzene rings is 4. The second kappa shape index (κ2) is 13.1. The fourth-order valence-electron chi connectivity index (χ4n) is 6.31. The fourth-order valence-corrected chi connectivity index (χ4v) is 6.54. The van der Waals surface area contributed by atoms with Crippen LogP contribution in [0.3, 0.4) is 0 Å². The maximum atomic E-state index is 6.93. The van der Waals surface area contributed by atoms with Crippen LogP contribution in [0.25, 0.3) is 0 Å². The van der Waals surface area contributed by atoms with Gasteiger partial charge in [-0.15, -0.1) is 0 Å². The van der Waals surface area contributed by atoms with Gasteiger partial charge in [-0.3, -0.25) is 0 Å². The number of aliphatic imine (C=N–C) groups is 4. The molecule has 10 nitrogen and oxygen atoms in total. The summed E-state index contributed by atoms with van der Waals surface area (Å²) in [6, 6.07) is 36.3. The van der Waals surface area contributed by atoms with E-state index >= 15 is 0 Å². The minimum Gasteiger partial charge on any atom is -0.493 e. The second-order valence-electron chi connectivity index (χ2n) is 11.6. The van der Waals surface area contributed by atoms with Gasteiger partial charge in [-0.2, -0.15) is 0 Å². The van der Waals surface area contributed by atoms with Crippen LogP contribution in [0.15, 0.2) is 160 Å². The summed E-state index contributed by atoms with van der Waals surface area (Å²) in [6.45, 7) is 0. The Balaban J connectivity index is 1.52. The van der Waals surface area contributed by atoms with Gasteiger partial charge in [0, 0.05) is 47.0 Å². The molecule has 1 atom stereocenters. The van der Waals surface area contributed by atoms with Crippen molar-refractivity contribution >= 4 is 34.4 Å². The van der Waals surface area contributed by atoms with E-state index in [-0.39, 0.29) is 11.6 Å². The molecule has 4 heterocycles. The number of rotatable bonds is 9. The average molecular weight is 689 g/mol. The van der Waals surface area contributed by atoms with Crippen molar-refractivity contribution in [3.8, 4) is 11.5 Å². The van der Waals surface area contributed by atoms with Gasteiger partial charge in [0.1, 0.15) is 0 Å². The summed E-state index contributed by atoms with van der Waals surface area (Å²) in [5.74, 6) is 1.58. The lowest BCUT2D eigenvalue weighted by Gasteiger charge is -2.34. The molecule has 0 spiro atoms. The molecule has 2 aliphatic rings. The molecule has 0 bridgehead atoms. The van der Waals surface area contributed by atoms with E-state index in [9.17, 15) is 0 Å². The van der Waals surface area contributed by atoms with Gasteiger partial charge in [0.05, 0.1) is 42.1 Å². The average Bonchev–Trinajstić information content (AvgIpc) is 3.82. The van der Waals surface area contributed by atoms with Gasteiger partial charge >= 0.3 is 0 Å². The third-order valence-corrected chi connectivity index (χ3v) is 8.99. The first-order valence-electron chi connectivity index (χ1n) is 16.1. The molecule has 2 aromatic heterocycles. The highest BCUT2D eigenvalue weighted by atomic mass is 35.5. The maximum absolute atomic E-state index is 6.93. The topological polar surface area (TPSA) is 119 Å². The van der Waals surface area contributed by atoms with Gasteiger partial charge in [-0.1, -0.05) is 90.5 Å². The zero-order valence-electron chi connectivity index (χ0n) is 27.6. The predicted octanol–water partition coefficient (Wildman–Crippen LogP) is 6.93. The van der Waals surface area contributed by atoms with E-state index in [0.29, 0.717) is 50.5 Å². The molecule has 2 aliphatic heterocycles. The molecule has 4 aromatic carbocycles. The van der Waals surface area contributed by atoms with Crippen LogP contribution in [-0.4, -0.2) is 57.0 Å². The van der Waals surface area contributed by atoms with Crippen LogP contribution in [-0.2, 0) is 11.3 Å². The summed E-state index contributed by atoms with van der Waals surface area (Å²) < 4.78 is 11.3. The van der Waals surface area contributed by atoms with E-state index in [4.69, 9.17) is 61.0 Å². The van der Waals surface area contributed by atoms with Crippen LogP contribution in [0.2, 0.25) is 5.02 Å². The Morgan fingerprint density at radius 2 is 0.902 bits per heavy atom. The Morgan fingerprint density at radius 1 is 0.451 bits per heavy atom. The van der Waals surface area contributed by atoms with Crippen molar-refractivity contribution in [1.29, 1.82) is 0 Å². The van der Waals surface area contributed by atoms with Crippen LogP contribution in [0.5, 0.6) is 11.5 Å². The first-order chi connectivity index (χ1) is 25.1. The lowest BCUT2D eigenvalue weighted by atomic mass is 9.92. The number of hydrogen-bond acceptors (Lipinski definition) is 10. The van der Waals surface area contributed by atoms with Crippen LogP contribution in [0, 0.1) is 0 Å². The zero-order chi connectivity index (χ0) is 34.8. The highest BCUT2D eigenvalue weighted by Gasteiger charge is 2.64. The maximum Gasteiger partial charge on any atom is 0.264 e. The summed E-state index contributed by atoms with van der Waals surface area (Å²) >= 11 is 6.93. The molecule has 0 saturated heterocycles. The van der Waals surface area contributed by atoms with Gasteiger partial charge in [0.2, 0.25) is 0 Å². The molecule has 0 N–H and O–H groups in total. The monoisotopic (exact) mass is 688 g/mol. The van der Waals surface area contributed by atoms with Crippen molar-refractivity contribution in [3.63, 3.8) is 0 Å². The van der Waals surface area contributed by atoms with Gasteiger partial charge < -0.3 is 9.47 Å². The number of methoxy groups -OCH3 is 2. The highest BCUT2D eigenvalue weighted by Crippen LogP contribution is 2.53. The van der Waals surface area contributed by atoms with Gasteiger partial charge in [0.25, 0.3) is 11.3 Å². The highest BCUT2D eigenvalue weighted by molar-refractivity contribution is 6.57. The van der Waals surface area contributed by atoms with Crippen molar-refractivity contribution in [1.82, 2.24) is 19.9 Å². The molecular weight excluding hydrogens is 660 g/mol. The largest absolute Gasteiger partial charge is 0.493 e. The Morgan fingerprint density at radius 3 is 1.39 bits per heavy atom. The molecule has 51 heavy (non-hydrogen) atoms. The van der Waals surface area contributed by atoms with Crippen molar-refractivity contribution in [2.24, 2.45) is 20.0 Å². The van der Waals surface area contributed by atoms with Gasteiger partial charge in [-0.05, 0) is 36.4 Å². The van der Waals surface area contributed by atoms with E-state index in [2.05, 4.69) is 0 Å². The third kappa shape index (κ3) is 5.37. The summed E-state index contributed by atoms with van der Waals surface area (Å²) in [5.41, 5.74) is 1.75. The first kappa shape index (κ1) is 31.9. The Kier molecular flexibility index (Phi) is 8.21. The van der Waals surface area contributed by atoms with Crippen LogP contribution < -0.4 is 9.47 Å². The van der Waals surface area contributed by atoms with E-state index in [0.717, 1.165) is 11.1 Å². The third-order valence-electron chi connectivity index (χ3n) is 8.66. The summed E-state index contributed by atoms with van der Waals surface area (Å²) in [5, 5.41) is 0.479. The molecular formula is C40H29ClN8O2. The Hall–Kier alpha value is -6.39. The predicted molar refractivity (Wildman–Crippen MR) is 197 cm³/mol. The summed E-state index contributed by atoms with van der Waals surface area (Å²) in [7, 11) is 3.18. The van der Waals surface area contributed by atoms with E-state index < -0.39 is 11.3 Å². The van der Waals surface area contributed by atoms with Crippen LogP contribution >= 0.6 is 11.6 Å². The summed E-state index contributed by atoms with van der Waals surface area (Å²) in [6.07, 6.45) is 6.61. The minimum atomic E-state index is -1.76. The molecule has 6 aromatic rings. The minimum absolute atomic E-state index is 0.242. The molecule has 0 fully saturated rings. The number of ether oxygens (including phenoxy) is 2. The first-order valence-corrected chi connectivity index (χ1v) is 16.5. The molecule has 1 unspecified atom stereocenters. The molecule has 0 aliphatic carbocycles. The smallest absolute Gasteiger partial charge is 0.264 e. The van der Waals surface area contributed by atoms with Crippen LogP contribution in [0.1, 0.15) is 33.9 Å². The molecule has 0 amide bonds. The van der Waals surface area contributed by atoms with Crippen molar-refractivity contribution in [2.45, 2.75) is 11.3 Å². The van der Waals surface area contributed by atoms with E-state index in [1.165, 1.54) is 0 Å². The normalized spacial score (nSPS) is 17.6. The van der Waals surface area contributed by atoms with Crippen LogP contribution in [0.4, 0.5) is 0 Å². The molecule has 0 radical (unpaired) electrons. The van der Waals surface area contributed by atoms with Gasteiger partial charge in [-0.25, -0.2) is 39.9 Å². The fraction of sp³-hybridized carbons (Fsp3) is 0.100. The lowest BCUT2D eigenvalue weighted by Crippen LogP contribution is -2.45. The van der Waals surface area contributed by atoms with Crippen molar-refractivity contribution < 1.29 is 9.47 Å². The van der Waals surface area contributed by atoms with Crippen molar-refractivity contribution in [3.05, 3.63) is 179 Å². The number of hydrogen-bond donors (Lipinski definition) is 0. The summed E-state index contributed by atoms with van der Waals surface area (Å²) in [4.78, 5) is 41.2. The Bertz CT molecular complexity index is 2300. The quantitative estimate of drug-likeness (QED) is 0.163. The molecule has 8 rings (SSSR count). The zero-order valence-corrected chi connectivity index (χ0v) is 28.3. The van der Waals surface area contributed by atoms with E-state index in [1.54, 1.807) is 51.1 Å². The SMILES string of the molecule is COc1ccc(C2=NC(c3ncccn3)(C3(c4ncccn4)N=C(c4ccccc4)C(c4ccccc4)=N3)N=C2c2ccccc2Cl)cc1OC. The number of halogens is 1. The van der Waals surface area contributed by atoms with Gasteiger partial charge in [0.15, 0.2) is 23.1 Å².